The Bertz CT molecular complexity index is 807. The summed E-state index contributed by atoms with van der Waals surface area (Å²) >= 11 is 0. The third-order valence-corrected chi connectivity index (χ3v) is 3.01. The zero-order valence-corrected chi connectivity index (χ0v) is 10.8. The van der Waals surface area contributed by atoms with E-state index in [1.165, 1.54) is 0 Å². The van der Waals surface area contributed by atoms with Crippen molar-refractivity contribution in [2.45, 2.75) is 6.54 Å². The number of nitrogens with zero attached hydrogens (tertiary/aromatic N) is 2. The molecule has 2 heterocycles. The number of aliphatic imine (C=N–C) groups is 1. The van der Waals surface area contributed by atoms with Crippen molar-refractivity contribution >= 4 is 17.1 Å². The molecule has 0 aliphatic heterocycles. The number of benzene rings is 1. The van der Waals surface area contributed by atoms with E-state index in [1.54, 1.807) is 18.6 Å². The summed E-state index contributed by atoms with van der Waals surface area (Å²) in [5.41, 5.74) is 2.29. The number of pyridine rings is 2. The van der Waals surface area contributed by atoms with E-state index >= 15 is 0 Å². The molecule has 20 heavy (non-hydrogen) atoms. The molecular weight excluding hydrogens is 250 g/mol. The first-order chi connectivity index (χ1) is 9.83. The molecule has 0 bridgehead atoms. The van der Waals surface area contributed by atoms with Crippen LogP contribution in [0.2, 0.25) is 0 Å². The van der Waals surface area contributed by atoms with Crippen LogP contribution in [0.3, 0.4) is 0 Å². The van der Waals surface area contributed by atoms with Crippen molar-refractivity contribution in [2.24, 2.45) is 4.99 Å². The fourth-order valence-electron chi connectivity index (χ4n) is 2.00. The van der Waals surface area contributed by atoms with Gasteiger partial charge < -0.3 is 4.98 Å². The van der Waals surface area contributed by atoms with Crippen LogP contribution in [0.4, 0.5) is 0 Å². The molecule has 0 radical (unpaired) electrons. The lowest BCUT2D eigenvalue weighted by Crippen LogP contribution is -2.11. The highest BCUT2D eigenvalue weighted by Crippen LogP contribution is 2.09. The van der Waals surface area contributed by atoms with E-state index in [0.29, 0.717) is 12.1 Å². The van der Waals surface area contributed by atoms with E-state index in [0.717, 1.165) is 16.5 Å². The minimum absolute atomic E-state index is 0.126. The van der Waals surface area contributed by atoms with Crippen molar-refractivity contribution in [1.82, 2.24) is 9.97 Å². The normalized spacial score (nSPS) is 11.2. The van der Waals surface area contributed by atoms with E-state index < -0.39 is 0 Å². The van der Waals surface area contributed by atoms with Gasteiger partial charge in [-0.05, 0) is 29.1 Å². The molecule has 2 aromatic heterocycles. The summed E-state index contributed by atoms with van der Waals surface area (Å²) in [5, 5.41) is 0.995. The van der Waals surface area contributed by atoms with Gasteiger partial charge in [0.15, 0.2) is 0 Å². The summed E-state index contributed by atoms with van der Waals surface area (Å²) in [6.07, 6.45) is 5.10. The molecule has 4 nitrogen and oxygen atoms in total. The third-order valence-electron chi connectivity index (χ3n) is 3.01. The summed E-state index contributed by atoms with van der Waals surface area (Å²) in [4.78, 5) is 23.1. The van der Waals surface area contributed by atoms with Gasteiger partial charge in [-0.25, -0.2) is 0 Å². The van der Waals surface area contributed by atoms with Crippen LogP contribution in [-0.4, -0.2) is 16.2 Å². The topological polar surface area (TPSA) is 58.1 Å². The Morgan fingerprint density at radius 2 is 2.10 bits per heavy atom. The van der Waals surface area contributed by atoms with Gasteiger partial charge in [-0.15, -0.1) is 0 Å². The Morgan fingerprint density at radius 1 is 1.20 bits per heavy atom. The van der Waals surface area contributed by atoms with Crippen LogP contribution in [0, 0.1) is 0 Å². The van der Waals surface area contributed by atoms with Gasteiger partial charge in [0.25, 0.3) is 5.56 Å². The van der Waals surface area contributed by atoms with Gasteiger partial charge in [-0.2, -0.15) is 0 Å². The number of aromatic nitrogens is 2. The highest BCUT2D eigenvalue weighted by Gasteiger charge is 1.99. The van der Waals surface area contributed by atoms with E-state index in [4.69, 9.17) is 0 Å². The number of H-pyrrole nitrogens is 1. The molecule has 3 aromatic rings. The average molecular weight is 263 g/mol. The maximum absolute atomic E-state index is 11.9. The molecule has 0 atom stereocenters. The summed E-state index contributed by atoms with van der Waals surface area (Å²) in [7, 11) is 0. The largest absolute Gasteiger partial charge is 0.321 e. The molecule has 3 rings (SSSR count). The van der Waals surface area contributed by atoms with Crippen LogP contribution in [0.15, 0.2) is 64.6 Å². The number of fused-ring (bicyclic) bond motifs is 1. The fourth-order valence-corrected chi connectivity index (χ4v) is 2.00. The maximum Gasteiger partial charge on any atom is 0.257 e. The predicted molar refractivity (Wildman–Crippen MR) is 80.1 cm³/mol. The van der Waals surface area contributed by atoms with Crippen LogP contribution < -0.4 is 5.56 Å². The highest BCUT2D eigenvalue weighted by molar-refractivity contribution is 5.87. The first-order valence-corrected chi connectivity index (χ1v) is 6.34. The number of hydrogen-bond donors (Lipinski definition) is 1. The Balaban J connectivity index is 1.87. The van der Waals surface area contributed by atoms with Crippen LogP contribution in [0.25, 0.3) is 10.9 Å². The zero-order chi connectivity index (χ0) is 13.8. The van der Waals surface area contributed by atoms with E-state index in [-0.39, 0.29) is 5.56 Å². The molecule has 0 aliphatic rings. The maximum atomic E-state index is 11.9. The van der Waals surface area contributed by atoms with Crippen molar-refractivity contribution in [1.29, 1.82) is 0 Å². The van der Waals surface area contributed by atoms with Gasteiger partial charge in [-0.3, -0.25) is 14.8 Å². The molecule has 0 spiro atoms. The van der Waals surface area contributed by atoms with E-state index in [2.05, 4.69) is 15.0 Å². The number of hydrogen-bond acceptors (Lipinski definition) is 3. The second-order valence-corrected chi connectivity index (χ2v) is 4.47. The van der Waals surface area contributed by atoms with Gasteiger partial charge in [0.05, 0.1) is 12.1 Å². The smallest absolute Gasteiger partial charge is 0.257 e. The van der Waals surface area contributed by atoms with Crippen molar-refractivity contribution in [3.8, 4) is 0 Å². The second-order valence-electron chi connectivity index (χ2n) is 4.47. The Kier molecular flexibility index (Phi) is 3.37. The molecule has 0 fully saturated rings. The van der Waals surface area contributed by atoms with E-state index in [1.807, 2.05) is 42.5 Å². The lowest BCUT2D eigenvalue weighted by atomic mass is 10.2. The SMILES string of the molecule is O=c1[nH]c2ccccc2cc1C=NCc1cccnc1. The Morgan fingerprint density at radius 3 is 2.95 bits per heavy atom. The van der Waals surface area contributed by atoms with Crippen molar-refractivity contribution in [3.05, 3.63) is 76.3 Å². The van der Waals surface area contributed by atoms with Gasteiger partial charge >= 0.3 is 0 Å². The molecule has 1 N–H and O–H groups in total. The summed E-state index contributed by atoms with van der Waals surface area (Å²) in [6, 6.07) is 13.4. The minimum atomic E-state index is -0.126. The summed E-state index contributed by atoms with van der Waals surface area (Å²) in [5.74, 6) is 0. The molecule has 98 valence electrons. The average Bonchev–Trinajstić information content (AvgIpc) is 2.49. The monoisotopic (exact) mass is 263 g/mol. The van der Waals surface area contributed by atoms with Gasteiger partial charge in [0.2, 0.25) is 0 Å². The molecule has 0 amide bonds. The molecule has 0 unspecified atom stereocenters. The van der Waals surface area contributed by atoms with Gasteiger partial charge in [0, 0.05) is 24.1 Å². The fraction of sp³-hybridized carbons (Fsp3) is 0.0625. The minimum Gasteiger partial charge on any atom is -0.321 e. The number of rotatable bonds is 3. The van der Waals surface area contributed by atoms with Crippen molar-refractivity contribution in [2.75, 3.05) is 0 Å². The predicted octanol–water partition coefficient (Wildman–Crippen LogP) is 2.54. The molecule has 0 aliphatic carbocycles. The molecule has 4 heteroatoms. The van der Waals surface area contributed by atoms with E-state index in [9.17, 15) is 4.79 Å². The van der Waals surface area contributed by atoms with Crippen molar-refractivity contribution in [3.63, 3.8) is 0 Å². The van der Waals surface area contributed by atoms with Crippen LogP contribution >= 0.6 is 0 Å². The molecule has 0 saturated carbocycles. The number of para-hydroxylation sites is 1. The molecule has 1 aromatic carbocycles. The van der Waals surface area contributed by atoms with Gasteiger partial charge in [-0.1, -0.05) is 24.3 Å². The quantitative estimate of drug-likeness (QED) is 0.738. The third kappa shape index (κ3) is 2.64. The first-order valence-electron chi connectivity index (χ1n) is 6.34. The van der Waals surface area contributed by atoms with Crippen LogP contribution in [0.1, 0.15) is 11.1 Å². The molecule has 0 saturated heterocycles. The van der Waals surface area contributed by atoms with Crippen LogP contribution in [-0.2, 0) is 6.54 Å². The van der Waals surface area contributed by atoms with Crippen molar-refractivity contribution < 1.29 is 0 Å². The summed E-state index contributed by atoms with van der Waals surface area (Å²) < 4.78 is 0. The van der Waals surface area contributed by atoms with Gasteiger partial charge in [0.1, 0.15) is 0 Å². The lowest BCUT2D eigenvalue weighted by molar-refractivity contribution is 1.05. The molecular formula is C16H13N3O. The summed E-state index contributed by atoms with van der Waals surface area (Å²) in [6.45, 7) is 0.514. The Hall–Kier alpha value is -2.75. The standard InChI is InChI=1S/C16H13N3O/c20-16-14(8-13-5-1-2-6-15(13)19-16)11-18-10-12-4-3-7-17-9-12/h1-9,11H,10H2,(H,19,20). The zero-order valence-electron chi connectivity index (χ0n) is 10.8. The van der Waals surface area contributed by atoms with Crippen LogP contribution in [0.5, 0.6) is 0 Å². The highest BCUT2D eigenvalue weighted by atomic mass is 16.1. The second kappa shape index (κ2) is 5.48. The number of nitrogens with one attached hydrogen (secondary N) is 1. The first kappa shape index (κ1) is 12.3. The Labute approximate surface area is 115 Å². The number of aromatic amines is 1. The lowest BCUT2D eigenvalue weighted by Gasteiger charge is -1.99.